The van der Waals surface area contributed by atoms with E-state index in [1.807, 2.05) is 6.07 Å². The second-order valence-corrected chi connectivity index (χ2v) is 7.21. The van der Waals surface area contributed by atoms with Gasteiger partial charge in [-0.05, 0) is 49.8 Å². The lowest BCUT2D eigenvalue weighted by Gasteiger charge is -2.11. The van der Waals surface area contributed by atoms with Crippen molar-refractivity contribution < 1.29 is 4.79 Å². The Kier molecular flexibility index (Phi) is 5.88. The Morgan fingerprint density at radius 3 is 2.57 bits per heavy atom. The fourth-order valence-corrected chi connectivity index (χ4v) is 4.02. The van der Waals surface area contributed by atoms with Crippen molar-refractivity contribution in [1.29, 1.82) is 0 Å². The summed E-state index contributed by atoms with van der Waals surface area (Å²) in [5, 5.41) is 5.05. The minimum absolute atomic E-state index is 0.107. The zero-order valence-corrected chi connectivity index (χ0v) is 14.4. The number of aryl methyl sites for hydroxylation is 3. The molecule has 1 aromatic carbocycles. The Morgan fingerprint density at radius 1 is 1.24 bits per heavy atom. The van der Waals surface area contributed by atoms with Crippen LogP contribution in [-0.2, 0) is 11.2 Å². The van der Waals surface area contributed by atoms with Gasteiger partial charge in [0.25, 0.3) is 0 Å². The molecule has 0 saturated heterocycles. The molecule has 1 N–H and O–H groups in total. The molecule has 1 aromatic heterocycles. The van der Waals surface area contributed by atoms with E-state index in [1.165, 1.54) is 26.5 Å². The number of hydrogen-bond acceptors (Lipinski definition) is 3. The van der Waals surface area contributed by atoms with Crippen LogP contribution in [0.2, 0.25) is 0 Å². The lowest BCUT2D eigenvalue weighted by molar-refractivity contribution is -0.118. The Balaban J connectivity index is 1.79. The molecule has 112 valence electrons. The highest BCUT2D eigenvalue weighted by Gasteiger charge is 2.08. The third-order valence-corrected chi connectivity index (χ3v) is 5.50. The van der Waals surface area contributed by atoms with Crippen LogP contribution < -0.4 is 5.32 Å². The van der Waals surface area contributed by atoms with Gasteiger partial charge in [-0.2, -0.15) is 0 Å². The van der Waals surface area contributed by atoms with Gasteiger partial charge in [0.05, 0.1) is 5.75 Å². The number of carbonyl (C=O) groups is 1. The van der Waals surface area contributed by atoms with Gasteiger partial charge in [-0.1, -0.05) is 23.8 Å². The molecule has 0 radical (unpaired) electrons. The van der Waals surface area contributed by atoms with E-state index in [0.717, 1.165) is 6.42 Å². The van der Waals surface area contributed by atoms with Crippen molar-refractivity contribution in [3.8, 4) is 0 Å². The molecule has 1 heterocycles. The Hall–Kier alpha value is -1.26. The summed E-state index contributed by atoms with van der Waals surface area (Å²) in [6.07, 6.45) is 0.913. The predicted octanol–water partition coefficient (Wildman–Crippen LogP) is 4.12. The second kappa shape index (κ2) is 7.66. The third-order valence-electron chi connectivity index (χ3n) is 3.23. The van der Waals surface area contributed by atoms with Crippen LogP contribution in [0.15, 0.2) is 34.5 Å². The molecule has 0 aliphatic carbocycles. The molecule has 21 heavy (non-hydrogen) atoms. The number of rotatable bonds is 6. The van der Waals surface area contributed by atoms with Crippen LogP contribution >= 0.6 is 23.1 Å². The molecule has 2 aromatic rings. The number of thiophene rings is 1. The van der Waals surface area contributed by atoms with Crippen molar-refractivity contribution in [3.63, 3.8) is 0 Å². The molecule has 2 nitrogen and oxygen atoms in total. The first-order chi connectivity index (χ1) is 10.1. The maximum Gasteiger partial charge on any atom is 0.230 e. The summed E-state index contributed by atoms with van der Waals surface area (Å²) in [7, 11) is 0. The molecule has 1 amide bonds. The normalized spacial score (nSPS) is 10.6. The molecular weight excluding hydrogens is 298 g/mol. The summed E-state index contributed by atoms with van der Waals surface area (Å²) < 4.78 is 0. The summed E-state index contributed by atoms with van der Waals surface area (Å²) >= 11 is 3.36. The molecule has 2 rings (SSSR count). The van der Waals surface area contributed by atoms with E-state index >= 15 is 0 Å². The molecule has 4 heteroatoms. The van der Waals surface area contributed by atoms with Crippen LogP contribution in [0, 0.1) is 20.8 Å². The summed E-state index contributed by atoms with van der Waals surface area (Å²) in [4.78, 5) is 14.4. The van der Waals surface area contributed by atoms with Gasteiger partial charge in [0.15, 0.2) is 0 Å². The first-order valence-corrected chi connectivity index (χ1v) is 8.92. The molecule has 0 aliphatic heterocycles. The lowest BCUT2D eigenvalue weighted by atomic mass is 10.1. The van der Waals surface area contributed by atoms with Crippen molar-refractivity contribution in [3.05, 3.63) is 51.2 Å². The highest BCUT2D eigenvalue weighted by molar-refractivity contribution is 8.00. The van der Waals surface area contributed by atoms with Crippen molar-refractivity contribution in [2.75, 3.05) is 12.3 Å². The van der Waals surface area contributed by atoms with E-state index in [1.54, 1.807) is 23.1 Å². The summed E-state index contributed by atoms with van der Waals surface area (Å²) in [6, 6.07) is 8.49. The van der Waals surface area contributed by atoms with Crippen LogP contribution in [0.4, 0.5) is 0 Å². The summed E-state index contributed by atoms with van der Waals surface area (Å²) in [5.74, 6) is 0.589. The van der Waals surface area contributed by atoms with E-state index in [-0.39, 0.29) is 5.91 Å². The summed E-state index contributed by atoms with van der Waals surface area (Å²) in [5.41, 5.74) is 3.78. The van der Waals surface area contributed by atoms with Crippen LogP contribution in [0.3, 0.4) is 0 Å². The minimum Gasteiger partial charge on any atom is -0.355 e. The molecule has 0 saturated carbocycles. The third kappa shape index (κ3) is 4.90. The van der Waals surface area contributed by atoms with Crippen LogP contribution in [0.25, 0.3) is 0 Å². The van der Waals surface area contributed by atoms with E-state index in [0.29, 0.717) is 12.3 Å². The average Bonchev–Trinajstić information content (AvgIpc) is 2.90. The fraction of sp³-hybridized carbons (Fsp3) is 0.353. The standard InChI is InChI=1S/C17H21NOS2/c1-12-9-13(2)17(14(3)10-12)21-11-16(19)18-7-6-15-5-4-8-20-15/h4-5,8-10H,6-7,11H2,1-3H3,(H,18,19). The van der Waals surface area contributed by atoms with Crippen LogP contribution in [-0.4, -0.2) is 18.2 Å². The van der Waals surface area contributed by atoms with Gasteiger partial charge in [-0.3, -0.25) is 4.79 Å². The maximum absolute atomic E-state index is 11.9. The van der Waals surface area contributed by atoms with E-state index in [9.17, 15) is 4.79 Å². The van der Waals surface area contributed by atoms with Crippen molar-refractivity contribution >= 4 is 29.0 Å². The molecule has 0 fully saturated rings. The quantitative estimate of drug-likeness (QED) is 0.811. The van der Waals surface area contributed by atoms with Gasteiger partial charge in [0, 0.05) is 16.3 Å². The fourth-order valence-electron chi connectivity index (χ4n) is 2.36. The molecule has 0 aliphatic rings. The molecule has 0 atom stereocenters. The largest absolute Gasteiger partial charge is 0.355 e. The van der Waals surface area contributed by atoms with E-state index in [4.69, 9.17) is 0 Å². The summed E-state index contributed by atoms with van der Waals surface area (Å²) in [6.45, 7) is 7.03. The Morgan fingerprint density at radius 2 is 1.95 bits per heavy atom. The topological polar surface area (TPSA) is 29.1 Å². The van der Waals surface area contributed by atoms with Gasteiger partial charge in [0.2, 0.25) is 5.91 Å². The lowest BCUT2D eigenvalue weighted by Crippen LogP contribution is -2.27. The number of nitrogens with one attached hydrogen (secondary N) is 1. The zero-order chi connectivity index (χ0) is 15.2. The molecule has 0 spiro atoms. The molecule has 0 bridgehead atoms. The van der Waals surface area contributed by atoms with Crippen molar-refractivity contribution in [2.45, 2.75) is 32.1 Å². The number of thioether (sulfide) groups is 1. The van der Waals surface area contributed by atoms with Crippen molar-refractivity contribution in [1.82, 2.24) is 5.32 Å². The zero-order valence-electron chi connectivity index (χ0n) is 12.7. The second-order valence-electron chi connectivity index (χ2n) is 5.20. The monoisotopic (exact) mass is 319 g/mol. The van der Waals surface area contributed by atoms with Gasteiger partial charge < -0.3 is 5.32 Å². The van der Waals surface area contributed by atoms with Crippen LogP contribution in [0.1, 0.15) is 21.6 Å². The Labute approximate surface area is 135 Å². The molecule has 0 unspecified atom stereocenters. The minimum atomic E-state index is 0.107. The highest BCUT2D eigenvalue weighted by atomic mass is 32.2. The average molecular weight is 319 g/mol. The SMILES string of the molecule is Cc1cc(C)c(SCC(=O)NCCc2cccs2)c(C)c1. The molecular formula is C17H21NOS2. The number of amides is 1. The first-order valence-electron chi connectivity index (χ1n) is 7.06. The highest BCUT2D eigenvalue weighted by Crippen LogP contribution is 2.27. The van der Waals surface area contributed by atoms with Crippen LogP contribution in [0.5, 0.6) is 0 Å². The Bertz CT molecular complexity index is 582. The number of carbonyl (C=O) groups excluding carboxylic acids is 1. The number of benzene rings is 1. The maximum atomic E-state index is 11.9. The van der Waals surface area contributed by atoms with Crippen molar-refractivity contribution in [2.24, 2.45) is 0 Å². The predicted molar refractivity (Wildman–Crippen MR) is 92.4 cm³/mol. The first kappa shape index (κ1) is 16.1. The van der Waals surface area contributed by atoms with Gasteiger partial charge in [-0.25, -0.2) is 0 Å². The van der Waals surface area contributed by atoms with Gasteiger partial charge in [-0.15, -0.1) is 23.1 Å². The van der Waals surface area contributed by atoms with Gasteiger partial charge in [0.1, 0.15) is 0 Å². The van der Waals surface area contributed by atoms with E-state index in [2.05, 4.69) is 49.7 Å². The van der Waals surface area contributed by atoms with Gasteiger partial charge >= 0.3 is 0 Å². The number of hydrogen-bond donors (Lipinski definition) is 1. The van der Waals surface area contributed by atoms with E-state index < -0.39 is 0 Å². The smallest absolute Gasteiger partial charge is 0.230 e.